The van der Waals surface area contributed by atoms with Crippen LogP contribution in [0.5, 0.6) is 0 Å². The van der Waals surface area contributed by atoms with Crippen LogP contribution in [-0.4, -0.2) is 41.4 Å². The first-order valence-corrected chi connectivity index (χ1v) is 5.82. The summed E-state index contributed by atoms with van der Waals surface area (Å²) in [7, 11) is 0. The summed E-state index contributed by atoms with van der Waals surface area (Å²) in [4.78, 5) is 13.6. The molecule has 2 rings (SSSR count). The quantitative estimate of drug-likeness (QED) is 0.754. The van der Waals surface area contributed by atoms with Crippen molar-refractivity contribution in [3.05, 3.63) is 0 Å². The Balaban J connectivity index is 2.01. The third-order valence-electron chi connectivity index (χ3n) is 3.57. The summed E-state index contributed by atoms with van der Waals surface area (Å²) >= 11 is 0. The Labute approximate surface area is 90.2 Å². The molecule has 0 aliphatic carbocycles. The molecule has 2 aliphatic rings. The minimum Gasteiger partial charge on any atom is -0.450 e. The maximum absolute atomic E-state index is 11.7. The summed E-state index contributed by atoms with van der Waals surface area (Å²) in [6.07, 6.45) is 3.85. The summed E-state index contributed by atoms with van der Waals surface area (Å²) in [6, 6.07) is 0.611. The van der Waals surface area contributed by atoms with E-state index in [1.807, 2.05) is 11.8 Å². The summed E-state index contributed by atoms with van der Waals surface area (Å²) in [5, 5.41) is 9.15. The average molecular weight is 213 g/mol. The largest absolute Gasteiger partial charge is 0.450 e. The van der Waals surface area contributed by atoms with Crippen molar-refractivity contribution in [2.45, 2.75) is 44.7 Å². The lowest BCUT2D eigenvalue weighted by molar-refractivity contribution is 0.0487. The van der Waals surface area contributed by atoms with Crippen molar-refractivity contribution in [2.75, 3.05) is 13.2 Å². The first kappa shape index (κ1) is 10.7. The van der Waals surface area contributed by atoms with Crippen LogP contribution in [0, 0.1) is 5.92 Å². The fourth-order valence-corrected chi connectivity index (χ4v) is 2.93. The monoisotopic (exact) mass is 213 g/mol. The van der Waals surface area contributed by atoms with Gasteiger partial charge in [-0.15, -0.1) is 0 Å². The summed E-state index contributed by atoms with van der Waals surface area (Å²) in [5.41, 5.74) is 0. The molecule has 86 valence electrons. The van der Waals surface area contributed by atoms with Crippen LogP contribution < -0.4 is 0 Å². The first-order valence-electron chi connectivity index (χ1n) is 5.82. The number of aliphatic hydroxyl groups excluding tert-OH is 1. The number of piperidine rings is 1. The Morgan fingerprint density at radius 1 is 1.40 bits per heavy atom. The number of ether oxygens (including phenoxy) is 1. The number of aliphatic hydroxyl groups is 1. The smallest absolute Gasteiger partial charge is 0.410 e. The number of amides is 1. The van der Waals surface area contributed by atoms with E-state index in [9.17, 15) is 4.79 Å². The summed E-state index contributed by atoms with van der Waals surface area (Å²) < 4.78 is 5.06. The van der Waals surface area contributed by atoms with Crippen molar-refractivity contribution in [2.24, 2.45) is 5.92 Å². The Bertz CT molecular complexity index is 230. The number of carbonyl (C=O) groups excluding carboxylic acids is 1. The number of rotatable bonds is 2. The second-order valence-corrected chi connectivity index (χ2v) is 4.51. The van der Waals surface area contributed by atoms with Crippen LogP contribution in [0.25, 0.3) is 0 Å². The van der Waals surface area contributed by atoms with Crippen molar-refractivity contribution in [1.82, 2.24) is 4.90 Å². The third kappa shape index (κ3) is 1.95. The van der Waals surface area contributed by atoms with Crippen LogP contribution in [0.15, 0.2) is 0 Å². The molecule has 4 nitrogen and oxygen atoms in total. The Morgan fingerprint density at radius 2 is 2.00 bits per heavy atom. The topological polar surface area (TPSA) is 49.8 Å². The van der Waals surface area contributed by atoms with Crippen molar-refractivity contribution in [3.8, 4) is 0 Å². The van der Waals surface area contributed by atoms with Gasteiger partial charge in [0.15, 0.2) is 0 Å². The van der Waals surface area contributed by atoms with Gasteiger partial charge in [-0.25, -0.2) is 4.79 Å². The van der Waals surface area contributed by atoms with Crippen molar-refractivity contribution in [1.29, 1.82) is 0 Å². The first-order chi connectivity index (χ1) is 7.26. The Kier molecular flexibility index (Phi) is 3.14. The highest BCUT2D eigenvalue weighted by Gasteiger charge is 2.43. The molecular formula is C11H19NO3. The van der Waals surface area contributed by atoms with Crippen molar-refractivity contribution < 1.29 is 14.6 Å². The zero-order chi connectivity index (χ0) is 10.8. The van der Waals surface area contributed by atoms with Gasteiger partial charge < -0.3 is 14.7 Å². The SMILES string of the molecule is CCOC(=O)N1C2CCC1CC(CO)C2. The van der Waals surface area contributed by atoms with E-state index in [1.165, 1.54) is 0 Å². The predicted octanol–water partition coefficient (Wildman–Crippen LogP) is 1.38. The molecule has 2 bridgehead atoms. The Hall–Kier alpha value is -0.770. The van der Waals surface area contributed by atoms with E-state index < -0.39 is 0 Å². The van der Waals surface area contributed by atoms with Gasteiger partial charge in [-0.3, -0.25) is 0 Å². The van der Waals surface area contributed by atoms with Crippen molar-refractivity contribution in [3.63, 3.8) is 0 Å². The lowest BCUT2D eigenvalue weighted by atomic mass is 9.92. The highest BCUT2D eigenvalue weighted by molar-refractivity contribution is 5.69. The Morgan fingerprint density at radius 3 is 2.47 bits per heavy atom. The molecule has 2 unspecified atom stereocenters. The molecule has 15 heavy (non-hydrogen) atoms. The average Bonchev–Trinajstić information content (AvgIpc) is 2.50. The zero-order valence-electron chi connectivity index (χ0n) is 9.19. The molecule has 0 spiro atoms. The van der Waals surface area contributed by atoms with Gasteiger partial charge in [-0.05, 0) is 38.5 Å². The molecule has 0 aromatic heterocycles. The summed E-state index contributed by atoms with van der Waals surface area (Å²) in [6.45, 7) is 2.53. The molecule has 2 fully saturated rings. The minimum atomic E-state index is -0.165. The van der Waals surface area contributed by atoms with E-state index >= 15 is 0 Å². The summed E-state index contributed by atoms with van der Waals surface area (Å²) in [5.74, 6) is 0.383. The molecule has 0 radical (unpaired) electrons. The van der Waals surface area contributed by atoms with Crippen LogP contribution >= 0.6 is 0 Å². The molecule has 0 saturated carbocycles. The van der Waals surface area contributed by atoms with E-state index in [0.29, 0.717) is 24.6 Å². The van der Waals surface area contributed by atoms with E-state index in [1.54, 1.807) is 0 Å². The third-order valence-corrected chi connectivity index (χ3v) is 3.57. The molecule has 1 N–H and O–H groups in total. The number of carbonyl (C=O) groups is 1. The number of hydrogen-bond acceptors (Lipinski definition) is 3. The van der Waals surface area contributed by atoms with Crippen LogP contribution in [0.2, 0.25) is 0 Å². The second kappa shape index (κ2) is 4.39. The van der Waals surface area contributed by atoms with Crippen LogP contribution in [-0.2, 0) is 4.74 Å². The number of hydrogen-bond donors (Lipinski definition) is 1. The van der Waals surface area contributed by atoms with E-state index in [0.717, 1.165) is 25.7 Å². The van der Waals surface area contributed by atoms with E-state index in [2.05, 4.69) is 0 Å². The number of nitrogens with zero attached hydrogens (tertiary/aromatic N) is 1. The standard InChI is InChI=1S/C11H19NO3/c1-2-15-11(14)12-9-3-4-10(12)6-8(5-9)7-13/h8-10,13H,2-7H2,1H3. The molecule has 2 aliphatic heterocycles. The lowest BCUT2D eigenvalue weighted by Gasteiger charge is -2.37. The molecule has 4 heteroatoms. The minimum absolute atomic E-state index is 0.165. The predicted molar refractivity (Wildman–Crippen MR) is 55.5 cm³/mol. The fourth-order valence-electron chi connectivity index (χ4n) is 2.93. The van der Waals surface area contributed by atoms with Crippen LogP contribution in [0.1, 0.15) is 32.6 Å². The van der Waals surface area contributed by atoms with Gasteiger partial charge >= 0.3 is 6.09 Å². The van der Waals surface area contributed by atoms with Gasteiger partial charge in [0.25, 0.3) is 0 Å². The van der Waals surface area contributed by atoms with Gasteiger partial charge in [-0.2, -0.15) is 0 Å². The van der Waals surface area contributed by atoms with Gasteiger partial charge in [0.1, 0.15) is 0 Å². The van der Waals surface area contributed by atoms with Gasteiger partial charge in [0.05, 0.1) is 6.61 Å². The van der Waals surface area contributed by atoms with Gasteiger partial charge in [0.2, 0.25) is 0 Å². The molecule has 2 saturated heterocycles. The molecule has 1 amide bonds. The van der Waals surface area contributed by atoms with E-state index in [-0.39, 0.29) is 12.7 Å². The molecular weight excluding hydrogens is 194 g/mol. The lowest BCUT2D eigenvalue weighted by Crippen LogP contribution is -2.47. The highest BCUT2D eigenvalue weighted by atomic mass is 16.6. The van der Waals surface area contributed by atoms with Crippen LogP contribution in [0.4, 0.5) is 4.79 Å². The molecule has 2 heterocycles. The fraction of sp³-hybridized carbons (Fsp3) is 0.909. The normalized spacial score (nSPS) is 34.3. The maximum atomic E-state index is 11.7. The second-order valence-electron chi connectivity index (χ2n) is 4.51. The van der Waals surface area contributed by atoms with Crippen LogP contribution in [0.3, 0.4) is 0 Å². The molecule has 2 atom stereocenters. The van der Waals surface area contributed by atoms with Gasteiger partial charge in [0, 0.05) is 18.7 Å². The highest BCUT2D eigenvalue weighted by Crippen LogP contribution is 2.38. The van der Waals surface area contributed by atoms with E-state index in [4.69, 9.17) is 9.84 Å². The number of fused-ring (bicyclic) bond motifs is 2. The molecule has 0 aromatic rings. The van der Waals surface area contributed by atoms with Crippen molar-refractivity contribution >= 4 is 6.09 Å². The molecule has 0 aromatic carbocycles. The van der Waals surface area contributed by atoms with Gasteiger partial charge in [-0.1, -0.05) is 0 Å². The zero-order valence-corrected chi connectivity index (χ0v) is 9.19. The maximum Gasteiger partial charge on any atom is 0.410 e.